The average Bonchev–Trinajstić information content (AvgIpc) is 2.92. The quantitative estimate of drug-likeness (QED) is 0.764. The standard InChI is InChI=1S/C24H28FN3O2/c1-23-16-27(12-4-14-30-18-9-7-17(25)8-10-18)13-11-24(23,2)28-15-21(29)26-20-6-3-5-19(23)22(20)28/h3,5-10H,4,11-16H2,1-2H3,(H,26,29)/t23-,24-/m0/s1. The van der Waals surface area contributed by atoms with E-state index in [0.717, 1.165) is 38.2 Å². The first-order valence-corrected chi connectivity index (χ1v) is 10.7. The Bertz CT molecular complexity index is 979. The van der Waals surface area contributed by atoms with Gasteiger partial charge in [0.25, 0.3) is 0 Å². The van der Waals surface area contributed by atoms with Crippen LogP contribution in [0.25, 0.3) is 0 Å². The second kappa shape index (κ2) is 6.98. The van der Waals surface area contributed by atoms with Gasteiger partial charge >= 0.3 is 0 Å². The molecule has 2 aromatic carbocycles. The first-order valence-electron chi connectivity index (χ1n) is 10.7. The summed E-state index contributed by atoms with van der Waals surface area (Å²) in [5, 5.41) is 3.05. The molecule has 1 fully saturated rings. The summed E-state index contributed by atoms with van der Waals surface area (Å²) < 4.78 is 18.8. The van der Waals surface area contributed by atoms with Crippen molar-refractivity contribution < 1.29 is 13.9 Å². The lowest BCUT2D eigenvalue weighted by molar-refractivity contribution is -0.115. The number of hydrogen-bond acceptors (Lipinski definition) is 4. The maximum atomic E-state index is 13.0. The highest BCUT2D eigenvalue weighted by atomic mass is 19.1. The average molecular weight is 410 g/mol. The highest BCUT2D eigenvalue weighted by Gasteiger charge is 2.60. The number of rotatable bonds is 5. The predicted molar refractivity (Wildman–Crippen MR) is 116 cm³/mol. The topological polar surface area (TPSA) is 44.8 Å². The molecule has 0 unspecified atom stereocenters. The van der Waals surface area contributed by atoms with Gasteiger partial charge in [0, 0.05) is 30.6 Å². The largest absolute Gasteiger partial charge is 0.494 e. The molecule has 5 rings (SSSR count). The van der Waals surface area contributed by atoms with Crippen LogP contribution in [0.2, 0.25) is 0 Å². The van der Waals surface area contributed by atoms with Gasteiger partial charge in [-0.15, -0.1) is 0 Å². The zero-order valence-corrected chi connectivity index (χ0v) is 17.6. The molecule has 5 nitrogen and oxygen atoms in total. The van der Waals surface area contributed by atoms with E-state index < -0.39 is 0 Å². The predicted octanol–water partition coefficient (Wildman–Crippen LogP) is 3.79. The molecular formula is C24H28FN3O2. The number of fused-ring (bicyclic) bond motifs is 3. The lowest BCUT2D eigenvalue weighted by atomic mass is 9.65. The van der Waals surface area contributed by atoms with E-state index in [9.17, 15) is 9.18 Å². The molecular weight excluding hydrogens is 381 g/mol. The van der Waals surface area contributed by atoms with Crippen molar-refractivity contribution in [2.75, 3.05) is 43.0 Å². The number of benzene rings is 2. The minimum Gasteiger partial charge on any atom is -0.494 e. The fourth-order valence-corrected chi connectivity index (χ4v) is 5.57. The molecule has 0 saturated carbocycles. The van der Waals surface area contributed by atoms with E-state index >= 15 is 0 Å². The van der Waals surface area contributed by atoms with Crippen molar-refractivity contribution in [2.45, 2.75) is 37.6 Å². The maximum Gasteiger partial charge on any atom is 0.243 e. The molecule has 1 amide bonds. The Morgan fingerprint density at radius 1 is 1.17 bits per heavy atom. The summed E-state index contributed by atoms with van der Waals surface area (Å²) in [5.74, 6) is 0.533. The third-order valence-corrected chi connectivity index (χ3v) is 7.42. The number of nitrogens with one attached hydrogen (secondary N) is 1. The molecule has 30 heavy (non-hydrogen) atoms. The van der Waals surface area contributed by atoms with Crippen molar-refractivity contribution in [3.05, 3.63) is 53.8 Å². The lowest BCUT2D eigenvalue weighted by Crippen LogP contribution is -2.64. The molecule has 3 aliphatic rings. The van der Waals surface area contributed by atoms with Crippen molar-refractivity contribution in [1.29, 1.82) is 0 Å². The van der Waals surface area contributed by atoms with E-state index in [1.165, 1.54) is 23.4 Å². The van der Waals surface area contributed by atoms with Crippen LogP contribution in [0.3, 0.4) is 0 Å². The van der Waals surface area contributed by atoms with Crippen LogP contribution >= 0.6 is 0 Å². The molecule has 6 heteroatoms. The minimum atomic E-state index is -0.248. The van der Waals surface area contributed by atoms with E-state index in [0.29, 0.717) is 18.9 Å². The molecule has 0 spiro atoms. The molecule has 0 aromatic heterocycles. The van der Waals surface area contributed by atoms with E-state index in [1.807, 2.05) is 6.07 Å². The number of para-hydroxylation sites is 1. The van der Waals surface area contributed by atoms with Crippen LogP contribution in [0.15, 0.2) is 42.5 Å². The lowest BCUT2D eigenvalue weighted by Gasteiger charge is -2.53. The molecule has 1 N–H and O–H groups in total. The summed E-state index contributed by atoms with van der Waals surface area (Å²) in [6, 6.07) is 12.5. The van der Waals surface area contributed by atoms with E-state index in [2.05, 4.69) is 41.1 Å². The number of likely N-dealkylation sites (tertiary alicyclic amines) is 1. The molecule has 1 saturated heterocycles. The molecule has 2 atom stereocenters. The monoisotopic (exact) mass is 409 g/mol. The van der Waals surface area contributed by atoms with Crippen molar-refractivity contribution in [2.24, 2.45) is 0 Å². The Morgan fingerprint density at radius 2 is 1.97 bits per heavy atom. The smallest absolute Gasteiger partial charge is 0.243 e. The molecule has 3 aliphatic heterocycles. The van der Waals surface area contributed by atoms with Gasteiger partial charge in [0.15, 0.2) is 0 Å². The third kappa shape index (κ3) is 2.88. The number of carbonyl (C=O) groups excluding carboxylic acids is 1. The summed E-state index contributed by atoms with van der Waals surface area (Å²) in [6.45, 7) is 8.64. The molecule has 3 heterocycles. The van der Waals surface area contributed by atoms with E-state index in [-0.39, 0.29) is 22.7 Å². The highest BCUT2D eigenvalue weighted by Crippen LogP contribution is 2.58. The zero-order chi connectivity index (χ0) is 20.9. The van der Waals surface area contributed by atoms with Crippen molar-refractivity contribution in [3.8, 4) is 5.75 Å². The SMILES string of the molecule is C[C@@]12CN(CCCOc3ccc(F)cc3)CC[C@]1(C)N1CC(=O)Nc3cccc2c31. The fourth-order valence-electron chi connectivity index (χ4n) is 5.57. The van der Waals surface area contributed by atoms with Gasteiger partial charge in [-0.1, -0.05) is 19.1 Å². The first-order chi connectivity index (χ1) is 14.4. The van der Waals surface area contributed by atoms with E-state index in [4.69, 9.17) is 4.74 Å². The fraction of sp³-hybridized carbons (Fsp3) is 0.458. The number of halogens is 1. The number of carbonyl (C=O) groups is 1. The van der Waals surface area contributed by atoms with Crippen LogP contribution in [0.4, 0.5) is 15.8 Å². The van der Waals surface area contributed by atoms with Gasteiger partial charge in [-0.3, -0.25) is 4.79 Å². The van der Waals surface area contributed by atoms with Crippen molar-refractivity contribution in [1.82, 2.24) is 4.90 Å². The number of ether oxygens (including phenoxy) is 1. The van der Waals surface area contributed by atoms with Crippen LogP contribution in [-0.2, 0) is 10.2 Å². The summed E-state index contributed by atoms with van der Waals surface area (Å²) >= 11 is 0. The van der Waals surface area contributed by atoms with Crippen LogP contribution < -0.4 is 15.0 Å². The number of anilines is 2. The normalized spacial score (nSPS) is 27.4. The number of nitrogens with zero attached hydrogens (tertiary/aromatic N) is 2. The second-order valence-electron chi connectivity index (χ2n) is 9.12. The summed E-state index contributed by atoms with van der Waals surface area (Å²) in [4.78, 5) is 17.2. The van der Waals surface area contributed by atoms with Crippen LogP contribution in [-0.4, -0.2) is 49.1 Å². The van der Waals surface area contributed by atoms with Gasteiger partial charge in [0.05, 0.1) is 24.5 Å². The molecule has 0 bridgehead atoms. The maximum absolute atomic E-state index is 13.0. The van der Waals surface area contributed by atoms with E-state index in [1.54, 1.807) is 12.1 Å². The van der Waals surface area contributed by atoms with Gasteiger partial charge in [0.2, 0.25) is 5.91 Å². The summed E-state index contributed by atoms with van der Waals surface area (Å²) in [5.41, 5.74) is 3.39. The third-order valence-electron chi connectivity index (χ3n) is 7.42. The Morgan fingerprint density at radius 3 is 2.77 bits per heavy atom. The first kappa shape index (κ1) is 19.4. The minimum absolute atomic E-state index is 0.0410. The van der Waals surface area contributed by atoms with Gasteiger partial charge in [-0.05, 0) is 55.7 Å². The van der Waals surface area contributed by atoms with Crippen molar-refractivity contribution >= 4 is 17.3 Å². The molecule has 0 radical (unpaired) electrons. The Labute approximate surface area is 176 Å². The number of hydrogen-bond donors (Lipinski definition) is 1. The second-order valence-corrected chi connectivity index (χ2v) is 9.12. The van der Waals surface area contributed by atoms with Gasteiger partial charge < -0.3 is 19.9 Å². The van der Waals surface area contributed by atoms with Crippen molar-refractivity contribution in [3.63, 3.8) is 0 Å². The van der Waals surface area contributed by atoms with Gasteiger partial charge in [-0.25, -0.2) is 4.39 Å². The Kier molecular flexibility index (Phi) is 4.51. The Hall–Kier alpha value is -2.60. The van der Waals surface area contributed by atoms with Crippen LogP contribution in [0.1, 0.15) is 32.3 Å². The summed E-state index contributed by atoms with van der Waals surface area (Å²) in [6.07, 6.45) is 1.94. The Balaban J connectivity index is 1.28. The molecule has 158 valence electrons. The summed E-state index contributed by atoms with van der Waals surface area (Å²) in [7, 11) is 0. The van der Waals surface area contributed by atoms with Crippen LogP contribution in [0, 0.1) is 5.82 Å². The number of piperidine rings is 1. The van der Waals surface area contributed by atoms with Gasteiger partial charge in [-0.2, -0.15) is 0 Å². The zero-order valence-electron chi connectivity index (χ0n) is 17.6. The highest BCUT2D eigenvalue weighted by molar-refractivity contribution is 6.03. The molecule has 2 aromatic rings. The molecule has 0 aliphatic carbocycles. The number of amides is 1. The van der Waals surface area contributed by atoms with Crippen LogP contribution in [0.5, 0.6) is 5.75 Å². The van der Waals surface area contributed by atoms with Gasteiger partial charge in [0.1, 0.15) is 11.6 Å².